The van der Waals surface area contributed by atoms with Crippen molar-refractivity contribution in [2.45, 2.75) is 19.4 Å². The molecule has 5 heteroatoms. The average Bonchev–Trinajstić information content (AvgIpc) is 2.18. The molecule has 0 bridgehead atoms. The van der Waals surface area contributed by atoms with Gasteiger partial charge in [0, 0.05) is 5.69 Å². The van der Waals surface area contributed by atoms with Gasteiger partial charge >= 0.3 is 5.97 Å². The van der Waals surface area contributed by atoms with Crippen molar-refractivity contribution in [1.29, 1.82) is 0 Å². The van der Waals surface area contributed by atoms with E-state index in [1.807, 2.05) is 0 Å². The van der Waals surface area contributed by atoms with Crippen LogP contribution in [-0.4, -0.2) is 23.5 Å². The molecule has 0 aromatic heterocycles. The molecule has 0 spiro atoms. The monoisotopic (exact) mass is 215 g/mol. The molecule has 1 atom stereocenters. The van der Waals surface area contributed by atoms with Gasteiger partial charge in [-0.2, -0.15) is 0 Å². The number of hydrogen-bond acceptors (Lipinski definition) is 2. The van der Waals surface area contributed by atoms with Crippen LogP contribution in [0.2, 0.25) is 0 Å². The molecule has 1 unspecified atom stereocenters. The van der Waals surface area contributed by atoms with E-state index in [-0.39, 0.29) is 5.56 Å². The lowest BCUT2D eigenvalue weighted by Gasteiger charge is -2.13. The van der Waals surface area contributed by atoms with Crippen LogP contribution < -0.4 is 5.32 Å². The molecule has 0 aliphatic carbocycles. The lowest BCUT2D eigenvalue weighted by Crippen LogP contribution is -2.23. The Kier molecular flexibility index (Phi) is 3.60. The Bertz CT molecular complexity index is 338. The largest absolute Gasteiger partial charge is 0.478 e. The van der Waals surface area contributed by atoms with E-state index in [0.29, 0.717) is 5.69 Å². The number of nitrogens with one attached hydrogen (secondary N) is 1. The molecule has 0 aliphatic rings. The third kappa shape index (κ3) is 3.19. The highest BCUT2D eigenvalue weighted by Crippen LogP contribution is 2.13. The summed E-state index contributed by atoms with van der Waals surface area (Å²) in [4.78, 5) is 10.5. The van der Waals surface area contributed by atoms with Crippen LogP contribution in [-0.2, 0) is 0 Å². The van der Waals surface area contributed by atoms with Crippen LogP contribution >= 0.6 is 0 Å². The number of carboxylic acids is 1. The number of carboxylic acid groups (broad SMARTS) is 1. The van der Waals surface area contributed by atoms with Crippen molar-refractivity contribution in [3.8, 4) is 0 Å². The lowest BCUT2D eigenvalue weighted by atomic mass is 10.2. The van der Waals surface area contributed by atoms with Crippen LogP contribution in [0.4, 0.5) is 14.5 Å². The van der Waals surface area contributed by atoms with Crippen LogP contribution in [0, 0.1) is 0 Å². The van der Waals surface area contributed by atoms with Gasteiger partial charge in [0.25, 0.3) is 6.43 Å². The van der Waals surface area contributed by atoms with E-state index in [1.165, 1.54) is 31.2 Å². The van der Waals surface area contributed by atoms with Crippen molar-refractivity contribution < 1.29 is 18.7 Å². The summed E-state index contributed by atoms with van der Waals surface area (Å²) in [6.45, 7) is 1.36. The van der Waals surface area contributed by atoms with Gasteiger partial charge in [0.15, 0.2) is 0 Å². The first kappa shape index (κ1) is 11.4. The molecular formula is C10H11F2NO2. The molecule has 3 nitrogen and oxygen atoms in total. The molecule has 2 N–H and O–H groups in total. The first-order chi connectivity index (χ1) is 7.00. The summed E-state index contributed by atoms with van der Waals surface area (Å²) in [5.41, 5.74) is 0.609. The number of carbonyl (C=O) groups is 1. The van der Waals surface area contributed by atoms with Gasteiger partial charge in [-0.25, -0.2) is 13.6 Å². The predicted molar refractivity (Wildman–Crippen MR) is 52.5 cm³/mol. The maximum absolute atomic E-state index is 12.2. The van der Waals surface area contributed by atoms with Gasteiger partial charge in [-0.1, -0.05) is 0 Å². The van der Waals surface area contributed by atoms with Crippen LogP contribution in [0.3, 0.4) is 0 Å². The summed E-state index contributed by atoms with van der Waals surface area (Å²) in [5.74, 6) is -1.04. The fraction of sp³-hybridized carbons (Fsp3) is 0.300. The van der Waals surface area contributed by atoms with Gasteiger partial charge in [-0.15, -0.1) is 0 Å². The number of rotatable bonds is 4. The summed E-state index contributed by atoms with van der Waals surface area (Å²) in [5, 5.41) is 11.2. The predicted octanol–water partition coefficient (Wildman–Crippen LogP) is 2.45. The third-order valence-electron chi connectivity index (χ3n) is 1.90. The molecule has 1 rings (SSSR count). The highest BCUT2D eigenvalue weighted by Gasteiger charge is 2.13. The Hall–Kier alpha value is -1.65. The molecule has 0 fully saturated rings. The molecule has 0 radical (unpaired) electrons. The van der Waals surface area contributed by atoms with Crippen molar-refractivity contribution in [2.75, 3.05) is 5.32 Å². The van der Waals surface area contributed by atoms with E-state index in [4.69, 9.17) is 5.11 Å². The second kappa shape index (κ2) is 4.72. The van der Waals surface area contributed by atoms with Gasteiger partial charge in [0.1, 0.15) is 0 Å². The zero-order chi connectivity index (χ0) is 11.4. The van der Waals surface area contributed by atoms with E-state index in [0.717, 1.165) is 0 Å². The number of anilines is 1. The van der Waals surface area contributed by atoms with E-state index in [1.54, 1.807) is 0 Å². The molecule has 0 heterocycles. The van der Waals surface area contributed by atoms with Crippen molar-refractivity contribution >= 4 is 11.7 Å². The van der Waals surface area contributed by atoms with Gasteiger partial charge < -0.3 is 10.4 Å². The normalized spacial score (nSPS) is 12.5. The molecule has 0 saturated carbocycles. The Morgan fingerprint density at radius 1 is 1.33 bits per heavy atom. The van der Waals surface area contributed by atoms with Crippen molar-refractivity contribution in [3.63, 3.8) is 0 Å². The van der Waals surface area contributed by atoms with Crippen molar-refractivity contribution in [2.24, 2.45) is 0 Å². The fourth-order valence-electron chi connectivity index (χ4n) is 1.03. The van der Waals surface area contributed by atoms with Crippen LogP contribution in [0.5, 0.6) is 0 Å². The number of halogens is 2. The van der Waals surface area contributed by atoms with Crippen molar-refractivity contribution in [1.82, 2.24) is 0 Å². The number of hydrogen-bond donors (Lipinski definition) is 2. The molecule has 0 amide bonds. The van der Waals surface area contributed by atoms with E-state index in [9.17, 15) is 13.6 Å². The highest BCUT2D eigenvalue weighted by molar-refractivity contribution is 5.87. The maximum atomic E-state index is 12.2. The Balaban J connectivity index is 2.68. The fourth-order valence-corrected chi connectivity index (χ4v) is 1.03. The van der Waals surface area contributed by atoms with Crippen LogP contribution in [0.15, 0.2) is 24.3 Å². The summed E-state index contributed by atoms with van der Waals surface area (Å²) in [6, 6.07) is 4.69. The van der Waals surface area contributed by atoms with E-state index >= 15 is 0 Å². The average molecular weight is 215 g/mol. The standard InChI is InChI=1S/C10H11F2NO2/c1-6(9(11)12)13-8-4-2-7(3-5-8)10(14)15/h2-6,9,13H,1H3,(H,14,15). The van der Waals surface area contributed by atoms with E-state index in [2.05, 4.69) is 5.32 Å². The van der Waals surface area contributed by atoms with E-state index < -0.39 is 18.4 Å². The minimum atomic E-state index is -2.45. The zero-order valence-electron chi connectivity index (χ0n) is 8.08. The second-order valence-electron chi connectivity index (χ2n) is 3.15. The van der Waals surface area contributed by atoms with Gasteiger partial charge in [0.2, 0.25) is 0 Å². The Morgan fingerprint density at radius 3 is 2.27 bits per heavy atom. The van der Waals surface area contributed by atoms with Gasteiger partial charge in [-0.3, -0.25) is 0 Å². The second-order valence-corrected chi connectivity index (χ2v) is 3.15. The first-order valence-corrected chi connectivity index (χ1v) is 4.38. The summed E-state index contributed by atoms with van der Waals surface area (Å²) in [7, 11) is 0. The number of benzene rings is 1. The molecule has 0 aliphatic heterocycles. The summed E-state index contributed by atoms with van der Waals surface area (Å²) < 4.78 is 24.3. The first-order valence-electron chi connectivity index (χ1n) is 4.38. The molecule has 15 heavy (non-hydrogen) atoms. The molecular weight excluding hydrogens is 204 g/mol. The zero-order valence-corrected chi connectivity index (χ0v) is 8.08. The van der Waals surface area contributed by atoms with Crippen molar-refractivity contribution in [3.05, 3.63) is 29.8 Å². The van der Waals surface area contributed by atoms with Gasteiger partial charge in [0.05, 0.1) is 11.6 Å². The summed E-state index contributed by atoms with van der Waals surface area (Å²) in [6.07, 6.45) is -2.45. The van der Waals surface area contributed by atoms with Crippen LogP contribution in [0.1, 0.15) is 17.3 Å². The molecule has 1 aromatic rings. The minimum absolute atomic E-state index is 0.130. The molecule has 82 valence electrons. The molecule has 0 saturated heterocycles. The molecule has 1 aromatic carbocycles. The smallest absolute Gasteiger partial charge is 0.335 e. The SMILES string of the molecule is CC(Nc1ccc(C(=O)O)cc1)C(F)F. The summed E-state index contributed by atoms with van der Waals surface area (Å²) >= 11 is 0. The lowest BCUT2D eigenvalue weighted by molar-refractivity contribution is 0.0697. The number of alkyl halides is 2. The quantitative estimate of drug-likeness (QED) is 0.811. The topological polar surface area (TPSA) is 49.3 Å². The Morgan fingerprint density at radius 2 is 1.87 bits per heavy atom. The third-order valence-corrected chi connectivity index (χ3v) is 1.90. The highest BCUT2D eigenvalue weighted by atomic mass is 19.3. The van der Waals surface area contributed by atoms with Crippen LogP contribution in [0.25, 0.3) is 0 Å². The number of aromatic carboxylic acids is 1. The van der Waals surface area contributed by atoms with Gasteiger partial charge in [-0.05, 0) is 31.2 Å². The Labute approximate surface area is 85.7 Å². The minimum Gasteiger partial charge on any atom is -0.478 e. The maximum Gasteiger partial charge on any atom is 0.335 e.